The maximum atomic E-state index is 8.48. The van der Waals surface area contributed by atoms with Gasteiger partial charge in [-0.3, -0.25) is 0 Å². The summed E-state index contributed by atoms with van der Waals surface area (Å²) in [4.78, 5) is 0. The van der Waals surface area contributed by atoms with Gasteiger partial charge in [0, 0.05) is 20.1 Å². The molecule has 0 aliphatic carbocycles. The molecule has 5 nitrogen and oxygen atoms in total. The van der Waals surface area contributed by atoms with Gasteiger partial charge in [-0.2, -0.15) is 0 Å². The van der Waals surface area contributed by atoms with Crippen LogP contribution in [0.25, 0.3) is 0 Å². The Kier molecular flexibility index (Phi) is 10.8. The summed E-state index contributed by atoms with van der Waals surface area (Å²) in [7, 11) is 1.39. The smallest absolute Gasteiger partial charge is 0.156 e. The average Bonchev–Trinajstić information content (AvgIpc) is 2.05. The molecule has 80 valence electrons. The molecule has 0 spiro atoms. The summed E-state index contributed by atoms with van der Waals surface area (Å²) in [5.74, 6) is -0.185. The van der Waals surface area contributed by atoms with Crippen molar-refractivity contribution in [2.75, 3.05) is 13.7 Å². The van der Waals surface area contributed by atoms with Gasteiger partial charge in [0.05, 0.1) is 0 Å². The number of aliphatic hydroxyl groups excluding tert-OH is 4. The molecule has 2 unspecified atom stereocenters. The molecule has 2 atom stereocenters. The zero-order valence-corrected chi connectivity index (χ0v) is 7.97. The van der Waals surface area contributed by atoms with Gasteiger partial charge < -0.3 is 25.2 Å². The minimum atomic E-state index is -0.801. The normalized spacial score (nSPS) is 13.9. The Morgan fingerprint density at radius 1 is 1.46 bits per heavy atom. The third-order valence-corrected chi connectivity index (χ3v) is 1.13. The zero-order chi connectivity index (χ0) is 10.9. The fourth-order valence-electron chi connectivity index (χ4n) is 0.228. The summed E-state index contributed by atoms with van der Waals surface area (Å²) < 4.78 is 4.39. The van der Waals surface area contributed by atoms with Crippen LogP contribution < -0.4 is 0 Å². The maximum Gasteiger partial charge on any atom is 0.156 e. The van der Waals surface area contributed by atoms with Gasteiger partial charge in [0.1, 0.15) is 11.9 Å². The number of ether oxygens (including phenoxy) is 1. The molecular formula is C8H18O5. The van der Waals surface area contributed by atoms with Crippen LogP contribution in [0.2, 0.25) is 0 Å². The largest absolute Gasteiger partial charge is 0.510 e. The molecule has 0 bridgehead atoms. The van der Waals surface area contributed by atoms with E-state index in [1.807, 2.05) is 0 Å². The highest BCUT2D eigenvalue weighted by Gasteiger charge is 1.95. The molecule has 0 fully saturated rings. The zero-order valence-electron chi connectivity index (χ0n) is 7.97. The van der Waals surface area contributed by atoms with Gasteiger partial charge in [-0.1, -0.05) is 6.58 Å². The van der Waals surface area contributed by atoms with Gasteiger partial charge in [-0.15, -0.1) is 0 Å². The molecule has 0 heterocycles. The molecular weight excluding hydrogens is 176 g/mol. The van der Waals surface area contributed by atoms with E-state index in [0.717, 1.165) is 0 Å². The third-order valence-electron chi connectivity index (χ3n) is 1.13. The Morgan fingerprint density at radius 2 is 1.85 bits per heavy atom. The summed E-state index contributed by atoms with van der Waals surface area (Å²) in [6.07, 6.45) is -1.30. The van der Waals surface area contributed by atoms with Crippen LogP contribution in [-0.2, 0) is 4.74 Å². The van der Waals surface area contributed by atoms with E-state index < -0.39 is 12.4 Å². The lowest BCUT2D eigenvalue weighted by atomic mass is 10.4. The van der Waals surface area contributed by atoms with Crippen molar-refractivity contribution in [2.24, 2.45) is 0 Å². The maximum absolute atomic E-state index is 8.48. The summed E-state index contributed by atoms with van der Waals surface area (Å²) >= 11 is 0. The molecule has 0 aromatic heterocycles. The van der Waals surface area contributed by atoms with Crippen LogP contribution in [0.4, 0.5) is 0 Å². The minimum absolute atomic E-state index is 0.0327. The van der Waals surface area contributed by atoms with Crippen molar-refractivity contribution in [2.45, 2.75) is 25.7 Å². The number of hydrogen-bond donors (Lipinski definition) is 4. The van der Waals surface area contributed by atoms with Crippen molar-refractivity contribution < 1.29 is 25.2 Å². The highest BCUT2D eigenvalue weighted by atomic mass is 16.6. The van der Waals surface area contributed by atoms with Gasteiger partial charge in [-0.25, -0.2) is 0 Å². The number of hydrogen-bond acceptors (Lipinski definition) is 5. The summed E-state index contributed by atoms with van der Waals surface area (Å²) in [6.45, 7) is 4.47. The van der Waals surface area contributed by atoms with Gasteiger partial charge in [-0.05, 0) is 6.92 Å². The molecule has 5 heteroatoms. The first kappa shape index (κ1) is 14.9. The van der Waals surface area contributed by atoms with Crippen LogP contribution >= 0.6 is 0 Å². The lowest BCUT2D eigenvalue weighted by Crippen LogP contribution is -2.09. The molecule has 4 N–H and O–H groups in total. The lowest BCUT2D eigenvalue weighted by molar-refractivity contribution is -0.0849. The average molecular weight is 194 g/mol. The Labute approximate surface area is 77.9 Å². The van der Waals surface area contributed by atoms with Crippen molar-refractivity contribution in [1.82, 2.24) is 0 Å². The van der Waals surface area contributed by atoms with Crippen molar-refractivity contribution in [1.29, 1.82) is 0 Å². The summed E-state index contributed by atoms with van der Waals surface area (Å²) in [6, 6.07) is 0. The van der Waals surface area contributed by atoms with Gasteiger partial charge in [0.25, 0.3) is 0 Å². The Morgan fingerprint density at radius 3 is 1.92 bits per heavy atom. The van der Waals surface area contributed by atoms with Gasteiger partial charge in [0.15, 0.2) is 6.29 Å². The Hall–Kier alpha value is -0.620. The fraction of sp³-hybridized carbons (Fsp3) is 0.750. The highest BCUT2D eigenvalue weighted by Crippen LogP contribution is 1.88. The first-order chi connectivity index (χ1) is 5.95. The second-order valence-electron chi connectivity index (χ2n) is 2.37. The predicted molar refractivity (Wildman–Crippen MR) is 48.2 cm³/mol. The second-order valence-corrected chi connectivity index (χ2v) is 2.37. The van der Waals surface area contributed by atoms with Gasteiger partial charge in [0.2, 0.25) is 0 Å². The molecule has 0 radical (unpaired) electrons. The van der Waals surface area contributed by atoms with E-state index in [0.29, 0.717) is 0 Å². The van der Waals surface area contributed by atoms with Gasteiger partial charge >= 0.3 is 0 Å². The van der Waals surface area contributed by atoms with Crippen molar-refractivity contribution in [3.63, 3.8) is 0 Å². The molecule has 0 amide bonds. The molecule has 0 saturated carbocycles. The second kappa shape index (κ2) is 9.47. The fourth-order valence-corrected chi connectivity index (χ4v) is 0.228. The van der Waals surface area contributed by atoms with E-state index in [2.05, 4.69) is 11.3 Å². The molecule has 0 aromatic carbocycles. The Bertz CT molecular complexity index is 124. The summed E-state index contributed by atoms with van der Waals surface area (Å²) in [5, 5.41) is 33.1. The highest BCUT2D eigenvalue weighted by molar-refractivity contribution is 4.84. The molecule has 0 aliphatic rings. The topological polar surface area (TPSA) is 90.2 Å². The monoisotopic (exact) mass is 194 g/mol. The predicted octanol–water partition coefficient (Wildman–Crippen LogP) is -0.227. The third kappa shape index (κ3) is 14.3. The van der Waals surface area contributed by atoms with Crippen molar-refractivity contribution in [3.8, 4) is 0 Å². The summed E-state index contributed by atoms with van der Waals surface area (Å²) in [5.41, 5.74) is 0. The standard InChI is InChI=1S/C4H10O3.C4H8O2/c1-7-4(6)2-3-5;1-3(5)4(2)6/h4-6H,2-3H2,1H3;4-6H,1H2,2H3. The quantitative estimate of drug-likeness (QED) is 0.367. The van der Waals surface area contributed by atoms with Crippen molar-refractivity contribution >= 4 is 0 Å². The van der Waals surface area contributed by atoms with Crippen LogP contribution in [0.3, 0.4) is 0 Å². The van der Waals surface area contributed by atoms with E-state index in [4.69, 9.17) is 20.4 Å². The van der Waals surface area contributed by atoms with E-state index in [-0.39, 0.29) is 18.8 Å². The number of methoxy groups -OCH3 is 1. The first-order valence-electron chi connectivity index (χ1n) is 3.83. The molecule has 0 saturated heterocycles. The number of rotatable bonds is 4. The van der Waals surface area contributed by atoms with E-state index in [9.17, 15) is 0 Å². The van der Waals surface area contributed by atoms with E-state index >= 15 is 0 Å². The number of aliphatic hydroxyl groups is 4. The van der Waals surface area contributed by atoms with Crippen molar-refractivity contribution in [3.05, 3.63) is 12.3 Å². The Balaban J connectivity index is 0. The van der Waals surface area contributed by atoms with Crippen LogP contribution in [0, 0.1) is 0 Å². The van der Waals surface area contributed by atoms with Crippen LogP contribution in [0.5, 0.6) is 0 Å². The molecule has 13 heavy (non-hydrogen) atoms. The van der Waals surface area contributed by atoms with E-state index in [1.165, 1.54) is 14.0 Å². The lowest BCUT2D eigenvalue weighted by Gasteiger charge is -2.02. The molecule has 0 aliphatic heterocycles. The molecule has 0 rings (SSSR count). The van der Waals surface area contributed by atoms with Crippen LogP contribution in [0.15, 0.2) is 12.3 Å². The first-order valence-corrected chi connectivity index (χ1v) is 3.83. The van der Waals surface area contributed by atoms with Crippen LogP contribution in [0.1, 0.15) is 13.3 Å². The van der Waals surface area contributed by atoms with E-state index in [1.54, 1.807) is 0 Å². The molecule has 0 aromatic rings. The van der Waals surface area contributed by atoms with Crippen LogP contribution in [-0.4, -0.2) is 46.5 Å². The minimum Gasteiger partial charge on any atom is -0.510 e. The SMILES string of the molecule is C=C(O)C(C)O.COC(O)CCO.